The van der Waals surface area contributed by atoms with E-state index in [1.165, 1.54) is 16.5 Å². The van der Waals surface area contributed by atoms with Crippen molar-refractivity contribution in [2.45, 2.75) is 5.78 Å². The van der Waals surface area contributed by atoms with Crippen molar-refractivity contribution in [2.75, 3.05) is 34.2 Å². The molecule has 2 aliphatic carbocycles. The van der Waals surface area contributed by atoms with Crippen LogP contribution in [0.3, 0.4) is 0 Å². The number of hydrogen-bond donors (Lipinski definition) is 0. The van der Waals surface area contributed by atoms with Gasteiger partial charge in [-0.15, -0.1) is 0 Å². The quantitative estimate of drug-likeness (QED) is 0.406. The molecule has 1 atom stereocenters. The Bertz CT molecular complexity index is 668. The summed E-state index contributed by atoms with van der Waals surface area (Å²) in [6.07, 6.45) is 18.9. The molecule has 2 saturated carbocycles. The molecule has 166 valence electrons. The second kappa shape index (κ2) is 15.3. The Morgan fingerprint density at radius 3 is 1.47 bits per heavy atom. The number of rotatable bonds is 8. The van der Waals surface area contributed by atoms with E-state index in [1.54, 1.807) is 0 Å². The van der Waals surface area contributed by atoms with E-state index in [-0.39, 0.29) is 17.1 Å². The molecule has 0 spiro atoms. The predicted octanol–water partition coefficient (Wildman–Crippen LogP) is 4.36. The first-order valence-electron chi connectivity index (χ1n) is 10.8. The maximum atomic E-state index is 2.53. The van der Waals surface area contributed by atoms with Crippen molar-refractivity contribution in [3.05, 3.63) is 124 Å². The summed E-state index contributed by atoms with van der Waals surface area (Å²) in [4.78, 5) is 4.78. The summed E-state index contributed by atoms with van der Waals surface area (Å²) in [5, 5.41) is 2.85. The van der Waals surface area contributed by atoms with E-state index < -0.39 is 7.92 Å². The normalized spacial score (nSPS) is 17.3. The van der Waals surface area contributed by atoms with Gasteiger partial charge >= 0.3 is 17.1 Å². The van der Waals surface area contributed by atoms with Crippen molar-refractivity contribution >= 4 is 18.5 Å². The first kappa shape index (κ1) is 27.6. The minimum atomic E-state index is -0.528. The van der Waals surface area contributed by atoms with Crippen LogP contribution in [-0.4, -0.2) is 49.8 Å². The third-order valence-electron chi connectivity index (χ3n) is 5.17. The number of likely N-dealkylation sites (N-methyl/N-ethyl adjacent to an activating group) is 2. The minimum Gasteiger partial charge on any atom is -0.308 e. The average Bonchev–Trinajstić information content (AvgIpc) is 3.54. The first-order chi connectivity index (χ1) is 15.2. The summed E-state index contributed by atoms with van der Waals surface area (Å²) in [6.45, 7) is 2.10. The summed E-state index contributed by atoms with van der Waals surface area (Å²) in [5.41, 5.74) is 0. The molecular weight excluding hydrogens is 451 g/mol. The molecule has 2 aromatic carbocycles. The molecule has 32 heavy (non-hydrogen) atoms. The molecule has 10 radical (unpaired) electrons. The van der Waals surface area contributed by atoms with Crippen LogP contribution < -0.4 is 10.6 Å². The summed E-state index contributed by atoms with van der Waals surface area (Å²) in [5.74, 6) is 1.77. The van der Waals surface area contributed by atoms with Crippen molar-refractivity contribution in [3.63, 3.8) is 0 Å². The molecule has 4 rings (SSSR count). The zero-order valence-electron chi connectivity index (χ0n) is 19.2. The number of benzene rings is 2. The van der Waals surface area contributed by atoms with E-state index in [4.69, 9.17) is 0 Å². The second-order valence-corrected chi connectivity index (χ2v) is 10.1. The van der Waals surface area contributed by atoms with Gasteiger partial charge in [0.1, 0.15) is 0 Å². The van der Waals surface area contributed by atoms with Crippen LogP contribution in [0.4, 0.5) is 0 Å². The Morgan fingerprint density at radius 1 is 0.625 bits per heavy atom. The molecule has 0 N–H and O–H groups in total. The maximum absolute atomic E-state index is 2.53. The molecule has 2 aliphatic rings. The Kier molecular flexibility index (Phi) is 13.1. The van der Waals surface area contributed by atoms with Crippen molar-refractivity contribution < 1.29 is 17.1 Å². The van der Waals surface area contributed by atoms with Crippen molar-refractivity contribution in [1.82, 2.24) is 9.80 Å². The summed E-state index contributed by atoms with van der Waals surface area (Å²) in [7, 11) is 6.02. The third kappa shape index (κ3) is 8.58. The van der Waals surface area contributed by atoms with Gasteiger partial charge in [-0.25, -0.2) is 0 Å². The number of nitrogens with zero attached hydrogens (tertiary/aromatic N) is 2. The molecular formula is C28H33FeN2P+2. The fourth-order valence-corrected chi connectivity index (χ4v) is 6.40. The van der Waals surface area contributed by atoms with E-state index in [2.05, 4.69) is 117 Å². The van der Waals surface area contributed by atoms with Gasteiger partial charge in [-0.2, -0.15) is 0 Å². The topological polar surface area (TPSA) is 6.48 Å². The zero-order valence-corrected chi connectivity index (χ0v) is 21.2. The zero-order chi connectivity index (χ0) is 21.9. The van der Waals surface area contributed by atoms with Gasteiger partial charge in [-0.05, 0) is 97.5 Å². The van der Waals surface area contributed by atoms with Crippen molar-refractivity contribution in [3.8, 4) is 0 Å². The standard InChI is InChI=1S/C23H28N2P.C5H5.Fe/c1-24(2)18-19-25(3)23(20-12-10-11-13-20)26(21-14-6-4-7-15-21)22-16-8-5-9-17-22;1-2-4-5-3-1;/h4-17,23H,18-19H2,1-3H3;1-5H;/q;;+2. The monoisotopic (exact) mass is 484 g/mol. The molecule has 0 bridgehead atoms. The molecule has 1 unspecified atom stereocenters. The van der Waals surface area contributed by atoms with Gasteiger partial charge in [-0.1, -0.05) is 60.7 Å². The molecule has 0 amide bonds. The molecule has 2 aromatic rings. The van der Waals surface area contributed by atoms with Crippen LogP contribution in [-0.2, 0) is 17.1 Å². The summed E-state index contributed by atoms with van der Waals surface area (Å²) in [6, 6.07) is 22.0. The largest absolute Gasteiger partial charge is 2.00 e. The van der Waals surface area contributed by atoms with Gasteiger partial charge in [0.25, 0.3) is 0 Å². The molecule has 2 fully saturated rings. The van der Waals surface area contributed by atoms with E-state index in [0.717, 1.165) is 13.1 Å². The van der Waals surface area contributed by atoms with Gasteiger partial charge in [-0.3, -0.25) is 4.90 Å². The van der Waals surface area contributed by atoms with Crippen LogP contribution in [0.5, 0.6) is 0 Å². The van der Waals surface area contributed by atoms with Crippen LogP contribution >= 0.6 is 7.92 Å². The molecule has 0 heterocycles. The first-order valence-corrected chi connectivity index (χ1v) is 12.2. The molecule has 0 aliphatic heterocycles. The van der Waals surface area contributed by atoms with Crippen LogP contribution in [0, 0.1) is 63.7 Å². The van der Waals surface area contributed by atoms with Crippen LogP contribution in [0.1, 0.15) is 0 Å². The summed E-state index contributed by atoms with van der Waals surface area (Å²) < 4.78 is 0. The number of hydrogen-bond acceptors (Lipinski definition) is 2. The van der Waals surface area contributed by atoms with Crippen LogP contribution in [0.25, 0.3) is 0 Å². The second-order valence-electron chi connectivity index (χ2n) is 7.88. The van der Waals surface area contributed by atoms with E-state index in [9.17, 15) is 0 Å². The maximum Gasteiger partial charge on any atom is 2.00 e. The van der Waals surface area contributed by atoms with Crippen LogP contribution in [0.2, 0.25) is 0 Å². The molecule has 4 heteroatoms. The Hall–Kier alpha value is -0.691. The van der Waals surface area contributed by atoms with Gasteiger partial charge in [0.15, 0.2) is 0 Å². The van der Waals surface area contributed by atoms with Crippen LogP contribution in [0.15, 0.2) is 60.7 Å². The molecule has 2 nitrogen and oxygen atoms in total. The van der Waals surface area contributed by atoms with Crippen molar-refractivity contribution in [1.29, 1.82) is 0 Å². The van der Waals surface area contributed by atoms with E-state index in [0.29, 0.717) is 5.78 Å². The molecule has 0 saturated heterocycles. The Balaban J connectivity index is 0.000000534. The Morgan fingerprint density at radius 2 is 1.06 bits per heavy atom. The van der Waals surface area contributed by atoms with Gasteiger partial charge in [0.05, 0.1) is 0 Å². The van der Waals surface area contributed by atoms with E-state index in [1.807, 2.05) is 32.1 Å². The van der Waals surface area contributed by atoms with Gasteiger partial charge in [0.2, 0.25) is 0 Å². The van der Waals surface area contributed by atoms with Crippen molar-refractivity contribution in [2.24, 2.45) is 0 Å². The minimum absolute atomic E-state index is 0. The average molecular weight is 484 g/mol. The smallest absolute Gasteiger partial charge is 0.308 e. The third-order valence-corrected chi connectivity index (χ3v) is 8.06. The predicted molar refractivity (Wildman–Crippen MR) is 136 cm³/mol. The molecule has 0 aromatic heterocycles. The Labute approximate surface area is 209 Å². The summed E-state index contributed by atoms with van der Waals surface area (Å²) >= 11 is 0. The fraction of sp³-hybridized carbons (Fsp3) is 0.214. The SMILES string of the molecule is CN(C)CCN(C)C([C]1[CH][CH][CH][CH]1)P(c1ccccc1)c1ccccc1.[CH]1[CH][CH][CH][CH]1.[Fe+2]. The van der Waals surface area contributed by atoms with E-state index >= 15 is 0 Å². The van der Waals surface area contributed by atoms with Gasteiger partial charge in [0, 0.05) is 24.8 Å². The van der Waals surface area contributed by atoms with Gasteiger partial charge < -0.3 is 4.90 Å². The fourth-order valence-electron chi connectivity index (χ4n) is 3.57.